The van der Waals surface area contributed by atoms with Crippen LogP contribution < -0.4 is 5.32 Å². The van der Waals surface area contributed by atoms with Crippen LogP contribution in [0.15, 0.2) is 30.3 Å². The van der Waals surface area contributed by atoms with Crippen LogP contribution in [0.5, 0.6) is 0 Å². The Hall–Kier alpha value is -0.860. The van der Waals surface area contributed by atoms with E-state index in [9.17, 15) is 4.79 Å². The van der Waals surface area contributed by atoms with E-state index in [4.69, 9.17) is 11.6 Å². The molecule has 0 aliphatic carbocycles. The van der Waals surface area contributed by atoms with E-state index in [0.717, 1.165) is 5.56 Å². The topological polar surface area (TPSA) is 29.1 Å². The summed E-state index contributed by atoms with van der Waals surface area (Å²) in [6, 6.07) is 8.98. The molecule has 0 aliphatic rings. The van der Waals surface area contributed by atoms with E-state index in [1.807, 2.05) is 30.3 Å². The summed E-state index contributed by atoms with van der Waals surface area (Å²) in [7, 11) is 1.71. The van der Waals surface area contributed by atoms with Crippen molar-refractivity contribution in [2.75, 3.05) is 7.05 Å². The number of carbonyl (C=O) groups excluding carboxylic acids is 1. The zero-order valence-electron chi connectivity index (χ0n) is 6.75. The summed E-state index contributed by atoms with van der Waals surface area (Å²) < 4.78 is 0. The lowest BCUT2D eigenvalue weighted by Gasteiger charge is -2.10. The maximum absolute atomic E-state index is 10.9. The maximum atomic E-state index is 10.9. The number of hydrogen-bond donors (Lipinski definition) is 1. The van der Waals surface area contributed by atoms with Crippen LogP contribution in [0.2, 0.25) is 0 Å². The molecule has 0 saturated carbocycles. The minimum absolute atomic E-state index is 0.385. The van der Waals surface area contributed by atoms with Crippen molar-refractivity contribution in [2.45, 2.75) is 6.04 Å². The zero-order valence-corrected chi connectivity index (χ0v) is 7.51. The molecule has 0 heterocycles. The van der Waals surface area contributed by atoms with Gasteiger partial charge in [0.2, 0.25) is 5.24 Å². The molecule has 3 heteroatoms. The number of nitrogens with one attached hydrogen (secondary N) is 1. The first-order chi connectivity index (χ1) is 5.75. The van der Waals surface area contributed by atoms with Crippen molar-refractivity contribution in [1.29, 1.82) is 0 Å². The molecule has 0 saturated heterocycles. The average Bonchev–Trinajstić information content (AvgIpc) is 2.07. The van der Waals surface area contributed by atoms with E-state index in [1.165, 1.54) is 0 Å². The molecule has 64 valence electrons. The molecule has 1 aromatic carbocycles. The van der Waals surface area contributed by atoms with Crippen molar-refractivity contribution in [3.63, 3.8) is 0 Å². The zero-order chi connectivity index (χ0) is 8.97. The summed E-state index contributed by atoms with van der Waals surface area (Å²) >= 11 is 5.38. The van der Waals surface area contributed by atoms with Gasteiger partial charge in [-0.25, -0.2) is 0 Å². The third-order valence-corrected chi connectivity index (χ3v) is 1.87. The van der Waals surface area contributed by atoms with Gasteiger partial charge in [-0.05, 0) is 24.2 Å². The molecule has 1 aromatic rings. The Balaban J connectivity index is 2.88. The van der Waals surface area contributed by atoms with Crippen molar-refractivity contribution >= 4 is 16.8 Å². The van der Waals surface area contributed by atoms with Gasteiger partial charge in [-0.1, -0.05) is 30.3 Å². The van der Waals surface area contributed by atoms with Crippen LogP contribution in [0.4, 0.5) is 0 Å². The van der Waals surface area contributed by atoms with Crippen molar-refractivity contribution < 1.29 is 4.79 Å². The Kier molecular flexibility index (Phi) is 3.26. The molecule has 0 aromatic heterocycles. The minimum Gasteiger partial charge on any atom is -0.306 e. The van der Waals surface area contributed by atoms with Gasteiger partial charge < -0.3 is 5.32 Å². The number of hydrogen-bond acceptors (Lipinski definition) is 2. The lowest BCUT2D eigenvalue weighted by Crippen LogP contribution is -2.21. The van der Waals surface area contributed by atoms with Crippen molar-refractivity contribution in [3.05, 3.63) is 35.9 Å². The van der Waals surface area contributed by atoms with Crippen molar-refractivity contribution in [3.8, 4) is 0 Å². The average molecular weight is 184 g/mol. The molecule has 1 rings (SSSR count). The normalized spacial score (nSPS) is 12.5. The molecule has 0 spiro atoms. The Labute approximate surface area is 76.5 Å². The summed E-state index contributed by atoms with van der Waals surface area (Å²) in [6.45, 7) is 0. The first-order valence-electron chi connectivity index (χ1n) is 3.67. The summed E-state index contributed by atoms with van der Waals surface area (Å²) in [4.78, 5) is 10.9. The largest absolute Gasteiger partial charge is 0.306 e. The van der Waals surface area contributed by atoms with Crippen molar-refractivity contribution in [2.24, 2.45) is 0 Å². The molecule has 12 heavy (non-hydrogen) atoms. The molecule has 1 unspecified atom stereocenters. The Morgan fingerprint density at radius 2 is 2.00 bits per heavy atom. The van der Waals surface area contributed by atoms with E-state index in [2.05, 4.69) is 5.32 Å². The second kappa shape index (κ2) is 4.24. The van der Waals surface area contributed by atoms with Gasteiger partial charge >= 0.3 is 0 Å². The lowest BCUT2D eigenvalue weighted by molar-refractivity contribution is -0.113. The molecule has 0 aliphatic heterocycles. The van der Waals surface area contributed by atoms with Gasteiger partial charge in [0.25, 0.3) is 0 Å². The quantitative estimate of drug-likeness (QED) is 0.723. The van der Waals surface area contributed by atoms with E-state index < -0.39 is 6.04 Å². The Bertz CT molecular complexity index is 260. The van der Waals surface area contributed by atoms with Crippen LogP contribution in [-0.4, -0.2) is 12.3 Å². The molecular weight excluding hydrogens is 174 g/mol. The van der Waals surface area contributed by atoms with Crippen LogP contribution in [-0.2, 0) is 4.79 Å². The number of halogens is 1. The van der Waals surface area contributed by atoms with Crippen LogP contribution >= 0.6 is 11.6 Å². The Morgan fingerprint density at radius 1 is 1.42 bits per heavy atom. The number of likely N-dealkylation sites (N-methyl/N-ethyl adjacent to an activating group) is 1. The monoisotopic (exact) mass is 183 g/mol. The van der Waals surface area contributed by atoms with Gasteiger partial charge in [0.05, 0.1) is 0 Å². The van der Waals surface area contributed by atoms with Gasteiger partial charge in [0.1, 0.15) is 6.04 Å². The minimum atomic E-state index is -0.395. The standard InChI is InChI=1S/C9H10ClNO/c1-11-8(9(10)12)7-5-3-2-4-6-7/h2-6,8,11H,1H3. The molecule has 0 radical (unpaired) electrons. The number of rotatable bonds is 3. The second-order valence-corrected chi connectivity index (χ2v) is 2.81. The van der Waals surface area contributed by atoms with E-state index in [-0.39, 0.29) is 5.24 Å². The predicted molar refractivity (Wildman–Crippen MR) is 49.1 cm³/mol. The van der Waals surface area contributed by atoms with Gasteiger partial charge in [-0.15, -0.1) is 0 Å². The summed E-state index contributed by atoms with van der Waals surface area (Å²) in [5.74, 6) is 0. The third-order valence-electron chi connectivity index (χ3n) is 1.65. The fourth-order valence-electron chi connectivity index (χ4n) is 1.06. The highest BCUT2D eigenvalue weighted by atomic mass is 35.5. The number of benzene rings is 1. The third kappa shape index (κ3) is 2.06. The van der Waals surface area contributed by atoms with Gasteiger partial charge in [0, 0.05) is 0 Å². The van der Waals surface area contributed by atoms with E-state index in [0.29, 0.717) is 0 Å². The van der Waals surface area contributed by atoms with E-state index in [1.54, 1.807) is 7.05 Å². The Morgan fingerprint density at radius 3 is 2.42 bits per heavy atom. The fourth-order valence-corrected chi connectivity index (χ4v) is 1.29. The molecule has 1 N–H and O–H groups in total. The molecule has 0 fully saturated rings. The molecule has 2 nitrogen and oxygen atoms in total. The smallest absolute Gasteiger partial charge is 0.243 e. The SMILES string of the molecule is CNC(C(=O)Cl)c1ccccc1. The van der Waals surface area contributed by atoms with Gasteiger partial charge in [-0.3, -0.25) is 4.79 Å². The molecule has 0 bridgehead atoms. The second-order valence-electron chi connectivity index (χ2n) is 2.44. The highest BCUT2D eigenvalue weighted by molar-refractivity contribution is 6.64. The predicted octanol–water partition coefficient (Wildman–Crippen LogP) is 1.71. The van der Waals surface area contributed by atoms with Crippen molar-refractivity contribution in [1.82, 2.24) is 5.32 Å². The van der Waals surface area contributed by atoms with Gasteiger partial charge in [0.15, 0.2) is 0 Å². The lowest BCUT2D eigenvalue weighted by atomic mass is 10.1. The fraction of sp³-hybridized carbons (Fsp3) is 0.222. The summed E-state index contributed by atoms with van der Waals surface area (Å²) in [5.41, 5.74) is 0.889. The van der Waals surface area contributed by atoms with E-state index >= 15 is 0 Å². The molecule has 0 amide bonds. The highest BCUT2D eigenvalue weighted by Crippen LogP contribution is 2.14. The number of carbonyl (C=O) groups is 1. The molecular formula is C9H10ClNO. The summed E-state index contributed by atoms with van der Waals surface area (Å²) in [5, 5.41) is 2.45. The molecule has 1 atom stereocenters. The summed E-state index contributed by atoms with van der Waals surface area (Å²) in [6.07, 6.45) is 0. The van der Waals surface area contributed by atoms with Crippen LogP contribution in [0.25, 0.3) is 0 Å². The first kappa shape index (κ1) is 9.23. The van der Waals surface area contributed by atoms with Crippen LogP contribution in [0.3, 0.4) is 0 Å². The highest BCUT2D eigenvalue weighted by Gasteiger charge is 2.14. The van der Waals surface area contributed by atoms with Gasteiger partial charge in [-0.2, -0.15) is 0 Å². The van der Waals surface area contributed by atoms with Crippen LogP contribution in [0.1, 0.15) is 11.6 Å². The first-order valence-corrected chi connectivity index (χ1v) is 4.05. The maximum Gasteiger partial charge on any atom is 0.243 e. The van der Waals surface area contributed by atoms with Crippen LogP contribution in [0, 0.1) is 0 Å².